The molecule has 2 aliphatic rings. The smallest absolute Gasteiger partial charge is 0.233 e. The van der Waals surface area contributed by atoms with Gasteiger partial charge in [-0.2, -0.15) is 5.10 Å². The Bertz CT molecular complexity index is 951. The molecule has 1 aliphatic carbocycles. The zero-order valence-electron chi connectivity index (χ0n) is 16.0. The van der Waals surface area contributed by atoms with Gasteiger partial charge < -0.3 is 5.32 Å². The third-order valence-corrected chi connectivity index (χ3v) is 5.37. The van der Waals surface area contributed by atoms with E-state index < -0.39 is 0 Å². The van der Waals surface area contributed by atoms with Gasteiger partial charge in [0.15, 0.2) is 5.65 Å². The Balaban J connectivity index is 1.38. The Kier molecular flexibility index (Phi) is 4.70. The summed E-state index contributed by atoms with van der Waals surface area (Å²) in [7, 11) is 0. The van der Waals surface area contributed by atoms with Crippen molar-refractivity contribution in [2.24, 2.45) is 11.8 Å². The molecule has 3 amide bonds. The maximum atomic E-state index is 12.4. The number of rotatable bonds is 5. The SMILES string of the molecule is CC(C)n1ncc2cc(NC(=O)CCN3C(=O)C4CC=CCC4C3=O)cnc21. The van der Waals surface area contributed by atoms with Crippen molar-refractivity contribution in [1.29, 1.82) is 0 Å². The van der Waals surface area contributed by atoms with E-state index in [2.05, 4.69) is 15.4 Å². The highest BCUT2D eigenvalue weighted by atomic mass is 16.2. The number of hydrogen-bond donors (Lipinski definition) is 1. The molecule has 8 nitrogen and oxygen atoms in total. The first-order valence-corrected chi connectivity index (χ1v) is 9.59. The van der Waals surface area contributed by atoms with Gasteiger partial charge >= 0.3 is 0 Å². The minimum atomic E-state index is -0.260. The van der Waals surface area contributed by atoms with Crippen molar-refractivity contribution >= 4 is 34.4 Å². The van der Waals surface area contributed by atoms with Crippen LogP contribution in [0.5, 0.6) is 0 Å². The second-order valence-electron chi connectivity index (χ2n) is 7.60. The van der Waals surface area contributed by atoms with Crippen LogP contribution in [0.2, 0.25) is 0 Å². The molecule has 0 saturated carbocycles. The third-order valence-electron chi connectivity index (χ3n) is 5.37. The number of fused-ring (bicyclic) bond motifs is 2. The molecule has 1 fully saturated rings. The summed E-state index contributed by atoms with van der Waals surface area (Å²) in [6.45, 7) is 4.16. The average Bonchev–Trinajstić information content (AvgIpc) is 3.20. The number of aromatic nitrogens is 3. The van der Waals surface area contributed by atoms with E-state index in [0.717, 1.165) is 11.0 Å². The Labute approximate surface area is 162 Å². The fraction of sp³-hybridized carbons (Fsp3) is 0.450. The Hall–Kier alpha value is -3.03. The molecule has 0 spiro atoms. The zero-order valence-corrected chi connectivity index (χ0v) is 16.0. The molecule has 2 aromatic heterocycles. The van der Waals surface area contributed by atoms with Gasteiger partial charge in [-0.1, -0.05) is 12.2 Å². The number of amides is 3. The van der Waals surface area contributed by atoms with Gasteiger partial charge in [-0.3, -0.25) is 19.3 Å². The standard InChI is InChI=1S/C20H23N5O3/c1-12(2)25-18-13(10-22-25)9-14(11-21-18)23-17(26)7-8-24-19(27)15-5-3-4-6-16(15)20(24)28/h3-4,9-12,15-16H,5-8H2,1-2H3,(H,23,26). The van der Waals surface area contributed by atoms with E-state index >= 15 is 0 Å². The van der Waals surface area contributed by atoms with Crippen LogP contribution in [0.3, 0.4) is 0 Å². The first-order valence-electron chi connectivity index (χ1n) is 9.59. The van der Waals surface area contributed by atoms with Crippen LogP contribution in [-0.4, -0.2) is 43.9 Å². The Morgan fingerprint density at radius 1 is 1.18 bits per heavy atom. The molecule has 2 atom stereocenters. The van der Waals surface area contributed by atoms with Crippen LogP contribution < -0.4 is 5.32 Å². The molecule has 146 valence electrons. The number of hydrogen-bond acceptors (Lipinski definition) is 5. The summed E-state index contributed by atoms with van der Waals surface area (Å²) in [5, 5.41) is 7.94. The molecule has 0 radical (unpaired) electrons. The number of pyridine rings is 1. The van der Waals surface area contributed by atoms with Gasteiger partial charge in [-0.25, -0.2) is 9.67 Å². The van der Waals surface area contributed by atoms with Crippen molar-refractivity contribution in [2.45, 2.75) is 39.2 Å². The number of carbonyl (C=O) groups excluding carboxylic acids is 3. The lowest BCUT2D eigenvalue weighted by Gasteiger charge is -2.14. The maximum absolute atomic E-state index is 12.4. The second kappa shape index (κ2) is 7.18. The van der Waals surface area contributed by atoms with Crippen LogP contribution >= 0.6 is 0 Å². The van der Waals surface area contributed by atoms with E-state index in [1.54, 1.807) is 12.4 Å². The molecule has 2 unspecified atom stereocenters. The molecule has 3 heterocycles. The molecular weight excluding hydrogens is 358 g/mol. The molecular formula is C20H23N5O3. The molecule has 1 saturated heterocycles. The fourth-order valence-electron chi connectivity index (χ4n) is 3.91. The van der Waals surface area contributed by atoms with E-state index in [1.165, 1.54) is 4.90 Å². The van der Waals surface area contributed by atoms with E-state index in [9.17, 15) is 14.4 Å². The van der Waals surface area contributed by atoms with Gasteiger partial charge in [-0.15, -0.1) is 0 Å². The number of nitrogens with zero attached hydrogens (tertiary/aromatic N) is 4. The first kappa shape index (κ1) is 18.3. The van der Waals surface area contributed by atoms with Gasteiger partial charge in [0.2, 0.25) is 17.7 Å². The van der Waals surface area contributed by atoms with Crippen LogP contribution in [0.4, 0.5) is 5.69 Å². The fourth-order valence-corrected chi connectivity index (χ4v) is 3.91. The van der Waals surface area contributed by atoms with Crippen LogP contribution in [0.25, 0.3) is 11.0 Å². The van der Waals surface area contributed by atoms with E-state index in [-0.39, 0.29) is 48.6 Å². The molecule has 4 rings (SSSR count). The monoisotopic (exact) mass is 381 g/mol. The molecule has 0 aromatic carbocycles. The number of anilines is 1. The zero-order chi connectivity index (χ0) is 19.8. The van der Waals surface area contributed by atoms with Crippen molar-refractivity contribution in [2.75, 3.05) is 11.9 Å². The van der Waals surface area contributed by atoms with Crippen molar-refractivity contribution < 1.29 is 14.4 Å². The molecule has 8 heteroatoms. The van der Waals surface area contributed by atoms with Crippen LogP contribution in [-0.2, 0) is 14.4 Å². The number of allylic oxidation sites excluding steroid dienone is 2. The van der Waals surface area contributed by atoms with Crippen molar-refractivity contribution in [3.8, 4) is 0 Å². The van der Waals surface area contributed by atoms with Crippen LogP contribution in [0, 0.1) is 11.8 Å². The molecule has 1 N–H and O–H groups in total. The largest absolute Gasteiger partial charge is 0.325 e. The van der Waals surface area contributed by atoms with E-state index in [4.69, 9.17) is 0 Å². The van der Waals surface area contributed by atoms with Gasteiger partial charge in [-0.05, 0) is 32.8 Å². The van der Waals surface area contributed by atoms with Crippen molar-refractivity contribution in [1.82, 2.24) is 19.7 Å². The van der Waals surface area contributed by atoms with E-state index in [1.807, 2.05) is 36.7 Å². The molecule has 2 aromatic rings. The predicted octanol–water partition coefficient (Wildman–Crippen LogP) is 2.29. The lowest BCUT2D eigenvalue weighted by Crippen LogP contribution is -2.34. The number of nitrogens with one attached hydrogen (secondary N) is 1. The average molecular weight is 381 g/mol. The summed E-state index contributed by atoms with van der Waals surface area (Å²) < 4.78 is 1.82. The van der Waals surface area contributed by atoms with Crippen molar-refractivity contribution in [3.05, 3.63) is 30.6 Å². The summed E-state index contributed by atoms with van der Waals surface area (Å²) in [5.74, 6) is -1.09. The van der Waals surface area contributed by atoms with Gasteiger partial charge in [0.05, 0.1) is 29.9 Å². The van der Waals surface area contributed by atoms with Crippen molar-refractivity contribution in [3.63, 3.8) is 0 Å². The van der Waals surface area contributed by atoms with Crippen LogP contribution in [0.15, 0.2) is 30.6 Å². The van der Waals surface area contributed by atoms with Crippen LogP contribution in [0.1, 0.15) is 39.2 Å². The summed E-state index contributed by atoms with van der Waals surface area (Å²) in [4.78, 5) is 42.8. The highest BCUT2D eigenvalue weighted by Crippen LogP contribution is 2.35. The number of likely N-dealkylation sites (tertiary alicyclic amines) is 1. The van der Waals surface area contributed by atoms with Gasteiger partial charge in [0, 0.05) is 24.4 Å². The lowest BCUT2D eigenvalue weighted by molar-refractivity contribution is -0.140. The Morgan fingerprint density at radius 2 is 1.86 bits per heavy atom. The summed E-state index contributed by atoms with van der Waals surface area (Å²) in [6.07, 6.45) is 8.48. The van der Waals surface area contributed by atoms with Gasteiger partial charge in [0.25, 0.3) is 0 Å². The first-order chi connectivity index (χ1) is 13.5. The molecule has 28 heavy (non-hydrogen) atoms. The topological polar surface area (TPSA) is 97.2 Å². The normalized spacial score (nSPS) is 21.6. The Morgan fingerprint density at radius 3 is 2.50 bits per heavy atom. The quantitative estimate of drug-likeness (QED) is 0.633. The summed E-state index contributed by atoms with van der Waals surface area (Å²) >= 11 is 0. The number of imide groups is 1. The van der Waals surface area contributed by atoms with Gasteiger partial charge in [0.1, 0.15) is 0 Å². The predicted molar refractivity (Wildman–Crippen MR) is 103 cm³/mol. The minimum absolute atomic E-state index is 0.0631. The maximum Gasteiger partial charge on any atom is 0.233 e. The summed E-state index contributed by atoms with van der Waals surface area (Å²) in [5.41, 5.74) is 1.33. The third kappa shape index (κ3) is 3.19. The molecule has 1 aliphatic heterocycles. The number of carbonyl (C=O) groups is 3. The minimum Gasteiger partial charge on any atom is -0.325 e. The molecule has 0 bridgehead atoms. The second-order valence-corrected chi connectivity index (χ2v) is 7.60. The summed E-state index contributed by atoms with van der Waals surface area (Å²) in [6, 6.07) is 2.01. The highest BCUT2D eigenvalue weighted by Gasteiger charge is 2.46. The highest BCUT2D eigenvalue weighted by molar-refractivity contribution is 6.06. The lowest BCUT2D eigenvalue weighted by atomic mass is 9.85. The van der Waals surface area contributed by atoms with E-state index in [0.29, 0.717) is 18.5 Å².